The van der Waals surface area contributed by atoms with Gasteiger partial charge in [-0.2, -0.15) is 0 Å². The lowest BCUT2D eigenvalue weighted by Crippen LogP contribution is -2.26. The molecule has 2 rings (SSSR count). The molecular weight excluding hydrogens is 400 g/mol. The number of benzene rings is 1. The van der Waals surface area contributed by atoms with Crippen LogP contribution in [0, 0.1) is 5.92 Å². The van der Waals surface area contributed by atoms with Gasteiger partial charge in [-0.3, -0.25) is 9.98 Å². The molecule has 0 aliphatic rings. The molecule has 0 fully saturated rings. The van der Waals surface area contributed by atoms with E-state index in [9.17, 15) is 9.59 Å². The molecule has 0 saturated carbocycles. The van der Waals surface area contributed by atoms with Crippen molar-refractivity contribution in [3.63, 3.8) is 0 Å². The van der Waals surface area contributed by atoms with Crippen molar-refractivity contribution in [3.05, 3.63) is 58.3 Å². The van der Waals surface area contributed by atoms with Crippen molar-refractivity contribution in [3.8, 4) is 5.75 Å². The molecule has 0 bridgehead atoms. The summed E-state index contributed by atoms with van der Waals surface area (Å²) in [5.41, 5.74) is 1.04. The summed E-state index contributed by atoms with van der Waals surface area (Å²) in [6, 6.07) is 7.83. The fraction of sp³-hybridized carbons (Fsp3) is 0.263. The van der Waals surface area contributed by atoms with Crippen LogP contribution >= 0.6 is 15.9 Å². The Balaban J connectivity index is 2.20. The zero-order valence-corrected chi connectivity index (χ0v) is 16.3. The maximum Gasteiger partial charge on any atom is 0.345 e. The zero-order chi connectivity index (χ0) is 19.1. The Hall–Kier alpha value is -2.54. The molecule has 136 valence electrons. The summed E-state index contributed by atoms with van der Waals surface area (Å²) >= 11 is 3.38. The first-order valence-corrected chi connectivity index (χ1v) is 8.74. The van der Waals surface area contributed by atoms with Crippen molar-refractivity contribution in [2.75, 3.05) is 7.11 Å². The first-order chi connectivity index (χ1) is 12.4. The highest BCUT2D eigenvalue weighted by Gasteiger charge is 2.21. The SMILES string of the molecule is COC(=O)C(N=Cc1cc(Br)cc(OC(=O)c2cccnc2)c1)C(C)C. The fourth-order valence-electron chi connectivity index (χ4n) is 2.16. The van der Waals surface area contributed by atoms with Crippen molar-refractivity contribution >= 4 is 34.1 Å². The van der Waals surface area contributed by atoms with E-state index in [1.54, 1.807) is 42.7 Å². The number of ether oxygens (including phenoxy) is 2. The van der Waals surface area contributed by atoms with Crippen LogP contribution in [0.25, 0.3) is 0 Å². The van der Waals surface area contributed by atoms with Crippen molar-refractivity contribution in [2.45, 2.75) is 19.9 Å². The zero-order valence-electron chi connectivity index (χ0n) is 14.7. The van der Waals surface area contributed by atoms with Crippen LogP contribution in [-0.4, -0.2) is 36.3 Å². The predicted molar refractivity (Wildman–Crippen MR) is 102 cm³/mol. The Morgan fingerprint density at radius 1 is 1.27 bits per heavy atom. The topological polar surface area (TPSA) is 77.9 Å². The summed E-state index contributed by atoms with van der Waals surface area (Å²) in [6.07, 6.45) is 4.58. The molecule has 2 aromatic rings. The van der Waals surface area contributed by atoms with Crippen LogP contribution in [0.2, 0.25) is 0 Å². The van der Waals surface area contributed by atoms with E-state index >= 15 is 0 Å². The number of esters is 2. The molecule has 0 aliphatic heterocycles. The van der Waals surface area contributed by atoms with Crippen molar-refractivity contribution in [2.24, 2.45) is 10.9 Å². The van der Waals surface area contributed by atoms with E-state index in [0.717, 1.165) is 4.47 Å². The molecule has 1 heterocycles. The number of pyridine rings is 1. The van der Waals surface area contributed by atoms with Gasteiger partial charge in [-0.25, -0.2) is 9.59 Å². The number of aliphatic imine (C=N–C) groups is 1. The number of nitrogens with zero attached hydrogens (tertiary/aromatic N) is 2. The molecule has 7 heteroatoms. The molecule has 1 aromatic carbocycles. The molecule has 0 radical (unpaired) electrons. The van der Waals surface area contributed by atoms with E-state index in [0.29, 0.717) is 16.9 Å². The van der Waals surface area contributed by atoms with Crippen molar-refractivity contribution in [1.29, 1.82) is 0 Å². The molecule has 1 aromatic heterocycles. The molecule has 0 N–H and O–H groups in total. The number of rotatable bonds is 6. The van der Waals surface area contributed by atoms with Crippen LogP contribution in [0.15, 0.2) is 52.2 Å². The third-order valence-electron chi connectivity index (χ3n) is 3.46. The largest absolute Gasteiger partial charge is 0.467 e. The van der Waals surface area contributed by atoms with Gasteiger partial charge in [0, 0.05) is 23.1 Å². The fourth-order valence-corrected chi connectivity index (χ4v) is 2.65. The van der Waals surface area contributed by atoms with E-state index < -0.39 is 18.0 Å². The number of methoxy groups -OCH3 is 1. The third-order valence-corrected chi connectivity index (χ3v) is 3.92. The number of hydrogen-bond acceptors (Lipinski definition) is 6. The third kappa shape index (κ3) is 5.49. The Bertz CT molecular complexity index is 806. The minimum absolute atomic E-state index is 0.00580. The number of hydrogen-bond donors (Lipinski definition) is 0. The molecule has 0 amide bonds. The number of aromatic nitrogens is 1. The summed E-state index contributed by atoms with van der Waals surface area (Å²) in [5.74, 6) is -0.550. The summed E-state index contributed by atoms with van der Waals surface area (Å²) in [6.45, 7) is 3.78. The van der Waals surface area contributed by atoms with Crippen LogP contribution in [0.5, 0.6) is 5.75 Å². The first kappa shape index (κ1) is 19.8. The van der Waals surface area contributed by atoms with Crippen molar-refractivity contribution in [1.82, 2.24) is 4.98 Å². The highest BCUT2D eigenvalue weighted by atomic mass is 79.9. The average molecular weight is 419 g/mol. The molecule has 6 nitrogen and oxygen atoms in total. The van der Waals surface area contributed by atoms with E-state index in [1.165, 1.54) is 13.3 Å². The number of carbonyl (C=O) groups is 2. The van der Waals surface area contributed by atoms with Crippen LogP contribution in [0.4, 0.5) is 0 Å². The maximum atomic E-state index is 12.1. The van der Waals surface area contributed by atoms with E-state index in [-0.39, 0.29) is 5.92 Å². The van der Waals surface area contributed by atoms with Gasteiger partial charge in [0.2, 0.25) is 0 Å². The number of carbonyl (C=O) groups excluding carboxylic acids is 2. The predicted octanol–water partition coefficient (Wildman–Crippen LogP) is 3.68. The van der Waals surface area contributed by atoms with Crippen LogP contribution in [-0.2, 0) is 9.53 Å². The highest BCUT2D eigenvalue weighted by Crippen LogP contribution is 2.22. The van der Waals surface area contributed by atoms with E-state index in [4.69, 9.17) is 9.47 Å². The van der Waals surface area contributed by atoms with E-state index in [2.05, 4.69) is 25.9 Å². The quantitative estimate of drug-likeness (QED) is 0.406. The molecular formula is C19H19BrN2O4. The first-order valence-electron chi connectivity index (χ1n) is 7.94. The van der Waals surface area contributed by atoms with Crippen LogP contribution < -0.4 is 4.74 Å². The van der Waals surface area contributed by atoms with Gasteiger partial charge in [0.15, 0.2) is 0 Å². The summed E-state index contributed by atoms with van der Waals surface area (Å²) in [7, 11) is 1.34. The second-order valence-corrected chi connectivity index (χ2v) is 6.76. The number of halogens is 1. The smallest absolute Gasteiger partial charge is 0.345 e. The average Bonchev–Trinajstić information content (AvgIpc) is 2.61. The minimum Gasteiger partial charge on any atom is -0.467 e. The van der Waals surface area contributed by atoms with Crippen LogP contribution in [0.3, 0.4) is 0 Å². The molecule has 1 atom stereocenters. The van der Waals surface area contributed by atoms with Crippen molar-refractivity contribution < 1.29 is 19.1 Å². The van der Waals surface area contributed by atoms with Gasteiger partial charge in [0.1, 0.15) is 11.8 Å². The van der Waals surface area contributed by atoms with Gasteiger partial charge in [-0.1, -0.05) is 29.8 Å². The summed E-state index contributed by atoms with van der Waals surface area (Å²) in [5, 5.41) is 0. The van der Waals surface area contributed by atoms with Gasteiger partial charge >= 0.3 is 11.9 Å². The maximum absolute atomic E-state index is 12.1. The minimum atomic E-state index is -0.597. The van der Waals surface area contributed by atoms with Gasteiger partial charge in [0.25, 0.3) is 0 Å². The monoisotopic (exact) mass is 418 g/mol. The molecule has 1 unspecified atom stereocenters. The molecule has 26 heavy (non-hydrogen) atoms. The van der Waals surface area contributed by atoms with Gasteiger partial charge in [0.05, 0.1) is 12.7 Å². The molecule has 0 saturated heterocycles. The van der Waals surface area contributed by atoms with E-state index in [1.807, 2.05) is 13.8 Å². The van der Waals surface area contributed by atoms with Gasteiger partial charge < -0.3 is 9.47 Å². The Morgan fingerprint density at radius 3 is 2.65 bits per heavy atom. The second-order valence-electron chi connectivity index (χ2n) is 5.84. The Labute approximate surface area is 160 Å². The lowest BCUT2D eigenvalue weighted by atomic mass is 10.1. The standard InChI is InChI=1S/C19H19BrN2O4/c1-12(2)17(19(24)25-3)22-10-13-7-15(20)9-16(8-13)26-18(23)14-5-4-6-21-11-14/h4-12,17H,1-3H3. The Morgan fingerprint density at radius 2 is 2.04 bits per heavy atom. The highest BCUT2D eigenvalue weighted by molar-refractivity contribution is 9.10. The lowest BCUT2D eigenvalue weighted by molar-refractivity contribution is -0.143. The normalized spacial score (nSPS) is 12.2. The lowest BCUT2D eigenvalue weighted by Gasteiger charge is -2.13. The summed E-state index contributed by atoms with van der Waals surface area (Å²) < 4.78 is 10.9. The van der Waals surface area contributed by atoms with Crippen LogP contribution in [0.1, 0.15) is 29.8 Å². The second kappa shape index (κ2) is 9.24. The molecule has 0 aliphatic carbocycles. The van der Waals surface area contributed by atoms with Gasteiger partial charge in [-0.15, -0.1) is 0 Å². The van der Waals surface area contributed by atoms with Gasteiger partial charge in [-0.05, 0) is 41.8 Å². The Kier molecular flexibility index (Phi) is 7.03. The molecule has 0 spiro atoms. The summed E-state index contributed by atoms with van der Waals surface area (Å²) in [4.78, 5) is 32.1.